The number of carbonyl (C=O) groups is 2. The first-order valence-electron chi connectivity index (χ1n) is 7.70. The van der Waals surface area contributed by atoms with Crippen molar-refractivity contribution >= 4 is 11.9 Å². The Kier molecular flexibility index (Phi) is 5.75. The second kappa shape index (κ2) is 7.78. The van der Waals surface area contributed by atoms with Gasteiger partial charge in [-0.3, -0.25) is 4.79 Å². The van der Waals surface area contributed by atoms with Gasteiger partial charge in [0.25, 0.3) is 0 Å². The van der Waals surface area contributed by atoms with Crippen molar-refractivity contribution in [3.63, 3.8) is 0 Å². The van der Waals surface area contributed by atoms with Crippen molar-refractivity contribution < 1.29 is 19.1 Å². The van der Waals surface area contributed by atoms with Gasteiger partial charge in [-0.25, -0.2) is 4.79 Å². The van der Waals surface area contributed by atoms with Crippen LogP contribution in [0.4, 0.5) is 0 Å². The molecular weight excluding hydrogens is 280 g/mol. The van der Waals surface area contributed by atoms with Crippen molar-refractivity contribution in [2.45, 2.75) is 45.6 Å². The summed E-state index contributed by atoms with van der Waals surface area (Å²) in [6.45, 7) is 3.77. The number of aryl methyl sites for hydroxylation is 1. The molecule has 4 nitrogen and oxygen atoms in total. The summed E-state index contributed by atoms with van der Waals surface area (Å²) < 4.78 is 10.7. The standard InChI is InChI=1S/C18H22O4/c1-3-4-17(19)21-15-11-7-14(8-12-15)18(20)22-16-9-5-13(2)6-10-16/h3-6,9-10,14-15H,7-8,11-12H2,1-2H3/b4-3+/t14-,15-. The van der Waals surface area contributed by atoms with Gasteiger partial charge in [-0.1, -0.05) is 23.8 Å². The van der Waals surface area contributed by atoms with E-state index in [9.17, 15) is 9.59 Å². The van der Waals surface area contributed by atoms with Gasteiger partial charge in [0.1, 0.15) is 11.9 Å². The zero-order valence-electron chi connectivity index (χ0n) is 13.1. The first-order chi connectivity index (χ1) is 10.6. The Morgan fingerprint density at radius 2 is 1.73 bits per heavy atom. The fourth-order valence-electron chi connectivity index (χ4n) is 2.56. The highest BCUT2D eigenvalue weighted by molar-refractivity contribution is 5.82. The molecule has 0 N–H and O–H groups in total. The molecule has 0 bridgehead atoms. The van der Waals surface area contributed by atoms with E-state index in [2.05, 4.69) is 0 Å². The molecule has 1 aliphatic rings. The molecular formula is C18H22O4. The molecule has 4 heteroatoms. The lowest BCUT2D eigenvalue weighted by atomic mass is 9.87. The molecule has 1 aromatic rings. The second-order valence-electron chi connectivity index (χ2n) is 5.64. The van der Waals surface area contributed by atoms with Gasteiger partial charge in [-0.15, -0.1) is 0 Å². The average molecular weight is 302 g/mol. The van der Waals surface area contributed by atoms with Crippen LogP contribution in [0.2, 0.25) is 0 Å². The highest BCUT2D eigenvalue weighted by atomic mass is 16.5. The van der Waals surface area contributed by atoms with Crippen molar-refractivity contribution in [1.82, 2.24) is 0 Å². The second-order valence-corrected chi connectivity index (χ2v) is 5.64. The number of allylic oxidation sites excluding steroid dienone is 1. The van der Waals surface area contributed by atoms with Gasteiger partial charge in [0.2, 0.25) is 0 Å². The lowest BCUT2D eigenvalue weighted by Crippen LogP contribution is -2.29. The number of hydrogen-bond acceptors (Lipinski definition) is 4. The van der Waals surface area contributed by atoms with Crippen LogP contribution in [0.1, 0.15) is 38.2 Å². The Morgan fingerprint density at radius 3 is 2.32 bits per heavy atom. The third-order valence-corrected chi connectivity index (χ3v) is 3.83. The van der Waals surface area contributed by atoms with Crippen molar-refractivity contribution in [2.24, 2.45) is 5.92 Å². The largest absolute Gasteiger partial charge is 0.459 e. The van der Waals surface area contributed by atoms with E-state index in [-0.39, 0.29) is 24.0 Å². The van der Waals surface area contributed by atoms with Crippen LogP contribution >= 0.6 is 0 Å². The zero-order chi connectivity index (χ0) is 15.9. The fraction of sp³-hybridized carbons (Fsp3) is 0.444. The molecule has 22 heavy (non-hydrogen) atoms. The molecule has 1 aliphatic carbocycles. The SMILES string of the molecule is C/C=C/C(=O)O[C@H]1CC[C@H](C(=O)Oc2ccc(C)cc2)CC1. The minimum atomic E-state index is -0.312. The molecule has 118 valence electrons. The van der Waals surface area contributed by atoms with E-state index >= 15 is 0 Å². The van der Waals surface area contributed by atoms with Gasteiger partial charge < -0.3 is 9.47 Å². The molecule has 2 rings (SSSR count). The summed E-state index contributed by atoms with van der Waals surface area (Å²) >= 11 is 0. The zero-order valence-corrected chi connectivity index (χ0v) is 13.1. The van der Waals surface area contributed by atoms with Crippen molar-refractivity contribution in [1.29, 1.82) is 0 Å². The Balaban J connectivity index is 1.79. The van der Waals surface area contributed by atoms with E-state index in [1.54, 1.807) is 25.1 Å². The van der Waals surface area contributed by atoms with Crippen LogP contribution in [0, 0.1) is 12.8 Å². The van der Waals surface area contributed by atoms with Crippen molar-refractivity contribution in [3.8, 4) is 5.75 Å². The molecule has 0 spiro atoms. The predicted octanol–water partition coefficient (Wildman–Crippen LogP) is 3.58. The van der Waals surface area contributed by atoms with Gasteiger partial charge in [0.15, 0.2) is 0 Å². The van der Waals surface area contributed by atoms with Crippen molar-refractivity contribution in [2.75, 3.05) is 0 Å². The van der Waals surface area contributed by atoms with E-state index < -0.39 is 0 Å². The molecule has 0 heterocycles. The topological polar surface area (TPSA) is 52.6 Å². The van der Waals surface area contributed by atoms with E-state index in [1.165, 1.54) is 6.08 Å². The molecule has 1 aromatic carbocycles. The highest BCUT2D eigenvalue weighted by Gasteiger charge is 2.29. The van der Waals surface area contributed by atoms with Crippen LogP contribution in [-0.2, 0) is 14.3 Å². The molecule has 0 unspecified atom stereocenters. The molecule has 0 aromatic heterocycles. The maximum absolute atomic E-state index is 12.1. The number of hydrogen-bond donors (Lipinski definition) is 0. The quantitative estimate of drug-likeness (QED) is 0.484. The summed E-state index contributed by atoms with van der Waals surface area (Å²) in [4.78, 5) is 23.5. The van der Waals surface area contributed by atoms with E-state index in [0.717, 1.165) is 5.56 Å². The highest BCUT2D eigenvalue weighted by Crippen LogP contribution is 2.28. The van der Waals surface area contributed by atoms with Crippen LogP contribution in [0.3, 0.4) is 0 Å². The number of ether oxygens (including phenoxy) is 2. The Hall–Kier alpha value is -2.10. The number of benzene rings is 1. The molecule has 1 fully saturated rings. The van der Waals surface area contributed by atoms with Crippen LogP contribution in [0.25, 0.3) is 0 Å². The number of esters is 2. The van der Waals surface area contributed by atoms with Gasteiger partial charge >= 0.3 is 11.9 Å². The normalized spacial score (nSPS) is 21.5. The maximum atomic E-state index is 12.1. The van der Waals surface area contributed by atoms with Gasteiger partial charge in [-0.2, -0.15) is 0 Å². The third kappa shape index (κ3) is 4.72. The summed E-state index contributed by atoms with van der Waals surface area (Å²) in [6, 6.07) is 7.44. The first kappa shape index (κ1) is 16.3. The minimum absolute atomic E-state index is 0.0906. The van der Waals surface area contributed by atoms with E-state index in [0.29, 0.717) is 31.4 Å². The summed E-state index contributed by atoms with van der Waals surface area (Å²) in [5.74, 6) is -0.0366. The lowest BCUT2D eigenvalue weighted by Gasteiger charge is -2.26. The summed E-state index contributed by atoms with van der Waals surface area (Å²) in [7, 11) is 0. The van der Waals surface area contributed by atoms with Gasteiger partial charge in [0, 0.05) is 6.08 Å². The van der Waals surface area contributed by atoms with E-state index in [1.807, 2.05) is 19.1 Å². The van der Waals surface area contributed by atoms with Crippen LogP contribution in [0.5, 0.6) is 5.75 Å². The Morgan fingerprint density at radius 1 is 1.09 bits per heavy atom. The Bertz CT molecular complexity index is 537. The fourth-order valence-corrected chi connectivity index (χ4v) is 2.56. The lowest BCUT2D eigenvalue weighted by molar-refractivity contribution is -0.147. The molecule has 0 saturated heterocycles. The van der Waals surface area contributed by atoms with Crippen LogP contribution < -0.4 is 4.74 Å². The minimum Gasteiger partial charge on any atom is -0.459 e. The molecule has 0 radical (unpaired) electrons. The molecule has 0 aliphatic heterocycles. The molecule has 0 atom stereocenters. The molecule has 1 saturated carbocycles. The van der Waals surface area contributed by atoms with Crippen LogP contribution in [0.15, 0.2) is 36.4 Å². The Labute approximate surface area is 131 Å². The summed E-state index contributed by atoms with van der Waals surface area (Å²) in [5.41, 5.74) is 1.13. The van der Waals surface area contributed by atoms with Crippen LogP contribution in [-0.4, -0.2) is 18.0 Å². The smallest absolute Gasteiger partial charge is 0.330 e. The monoisotopic (exact) mass is 302 g/mol. The predicted molar refractivity (Wildman–Crippen MR) is 83.5 cm³/mol. The van der Waals surface area contributed by atoms with Gasteiger partial charge in [0.05, 0.1) is 5.92 Å². The number of rotatable bonds is 4. The third-order valence-electron chi connectivity index (χ3n) is 3.83. The summed E-state index contributed by atoms with van der Waals surface area (Å²) in [5, 5.41) is 0. The average Bonchev–Trinajstić information content (AvgIpc) is 2.50. The molecule has 0 amide bonds. The number of carbonyl (C=O) groups excluding carboxylic acids is 2. The van der Waals surface area contributed by atoms with Gasteiger partial charge in [-0.05, 0) is 51.7 Å². The van der Waals surface area contributed by atoms with Crippen molar-refractivity contribution in [3.05, 3.63) is 42.0 Å². The maximum Gasteiger partial charge on any atom is 0.330 e. The summed E-state index contributed by atoms with van der Waals surface area (Å²) in [6.07, 6.45) is 5.78. The van der Waals surface area contributed by atoms with E-state index in [4.69, 9.17) is 9.47 Å². The first-order valence-corrected chi connectivity index (χ1v) is 7.70.